The molecule has 4 rings (SSSR count). The molecule has 0 spiro atoms. The van der Waals surface area contributed by atoms with E-state index in [1.807, 2.05) is 16.8 Å². The van der Waals surface area contributed by atoms with E-state index in [2.05, 4.69) is 15.0 Å². The number of pyridine rings is 1. The molecule has 9 heteroatoms. The van der Waals surface area contributed by atoms with E-state index in [4.69, 9.17) is 0 Å². The van der Waals surface area contributed by atoms with Crippen molar-refractivity contribution in [1.82, 2.24) is 23.8 Å². The highest BCUT2D eigenvalue weighted by molar-refractivity contribution is 7.89. The van der Waals surface area contributed by atoms with Gasteiger partial charge in [0.1, 0.15) is 23.1 Å². The average molecular weight is 363 g/mol. The Morgan fingerprint density at radius 1 is 1.48 bits per heavy atom. The van der Waals surface area contributed by atoms with Gasteiger partial charge in [-0.25, -0.2) is 18.4 Å². The third kappa shape index (κ3) is 2.54. The van der Waals surface area contributed by atoms with Crippen LogP contribution in [0.1, 0.15) is 38.2 Å². The van der Waals surface area contributed by atoms with Crippen LogP contribution in [0.5, 0.6) is 0 Å². The Balaban J connectivity index is 1.88. The van der Waals surface area contributed by atoms with Crippen LogP contribution in [0.25, 0.3) is 22.1 Å². The van der Waals surface area contributed by atoms with Crippen LogP contribution in [0.3, 0.4) is 0 Å². The van der Waals surface area contributed by atoms with Gasteiger partial charge in [-0.15, -0.1) is 0 Å². The number of hydrogen-bond donors (Lipinski definition) is 2. The van der Waals surface area contributed by atoms with Gasteiger partial charge in [0.15, 0.2) is 0 Å². The van der Waals surface area contributed by atoms with Crippen molar-refractivity contribution in [3.63, 3.8) is 0 Å². The number of imidazole rings is 1. The molecule has 1 saturated heterocycles. The molecule has 3 aromatic heterocycles. The predicted molar refractivity (Wildman–Crippen MR) is 94.7 cm³/mol. The summed E-state index contributed by atoms with van der Waals surface area (Å²) in [7, 11) is -3.22. The zero-order chi connectivity index (χ0) is 17.8. The van der Waals surface area contributed by atoms with Gasteiger partial charge in [-0.05, 0) is 26.3 Å². The van der Waals surface area contributed by atoms with Crippen LogP contribution in [-0.4, -0.2) is 56.2 Å². The lowest BCUT2D eigenvalue weighted by Gasteiger charge is -2.19. The van der Waals surface area contributed by atoms with Gasteiger partial charge in [0.25, 0.3) is 0 Å². The molecule has 1 aliphatic heterocycles. The van der Waals surface area contributed by atoms with Crippen LogP contribution in [0.2, 0.25) is 0 Å². The summed E-state index contributed by atoms with van der Waals surface area (Å²) in [6, 6.07) is 1.88. The molecule has 4 heterocycles. The number of rotatable bonds is 4. The molecular weight excluding hydrogens is 342 g/mol. The van der Waals surface area contributed by atoms with Crippen LogP contribution in [-0.2, 0) is 10.0 Å². The number of nitrogens with one attached hydrogen (secondary N) is 1. The standard InChI is InChI=1S/C16H21N5O3S/c1-3-25(23,24)20-7-5-11(9-20)21-14-12-4-6-17-15(12)18-8-13(14)19-16(21)10(2)22/h4,6,8,10-11,22H,3,5,7,9H2,1-2H3,(H,17,18). The normalized spacial score (nSPS) is 20.7. The molecule has 0 saturated carbocycles. The van der Waals surface area contributed by atoms with Crippen molar-refractivity contribution < 1.29 is 13.5 Å². The highest BCUT2D eigenvalue weighted by atomic mass is 32.2. The van der Waals surface area contributed by atoms with Gasteiger partial charge in [-0.2, -0.15) is 4.31 Å². The van der Waals surface area contributed by atoms with E-state index in [1.54, 1.807) is 20.0 Å². The quantitative estimate of drug-likeness (QED) is 0.732. The van der Waals surface area contributed by atoms with Crippen molar-refractivity contribution in [3.05, 3.63) is 24.3 Å². The monoisotopic (exact) mass is 363 g/mol. The summed E-state index contributed by atoms with van der Waals surface area (Å²) >= 11 is 0. The van der Waals surface area contributed by atoms with Gasteiger partial charge in [-0.1, -0.05) is 0 Å². The molecule has 134 valence electrons. The Morgan fingerprint density at radius 3 is 3.00 bits per heavy atom. The second-order valence-corrected chi connectivity index (χ2v) is 8.71. The summed E-state index contributed by atoms with van der Waals surface area (Å²) < 4.78 is 27.9. The zero-order valence-corrected chi connectivity index (χ0v) is 15.0. The van der Waals surface area contributed by atoms with Crippen LogP contribution in [0.4, 0.5) is 0 Å². The van der Waals surface area contributed by atoms with Crippen molar-refractivity contribution >= 4 is 32.1 Å². The molecule has 2 N–H and O–H groups in total. The van der Waals surface area contributed by atoms with E-state index >= 15 is 0 Å². The van der Waals surface area contributed by atoms with Gasteiger partial charge < -0.3 is 14.7 Å². The Morgan fingerprint density at radius 2 is 2.28 bits per heavy atom. The first-order valence-electron chi connectivity index (χ1n) is 8.42. The lowest BCUT2D eigenvalue weighted by Crippen LogP contribution is -2.30. The molecule has 2 atom stereocenters. The lowest BCUT2D eigenvalue weighted by atomic mass is 10.2. The maximum atomic E-state index is 12.2. The number of nitrogens with zero attached hydrogens (tertiary/aromatic N) is 4. The molecule has 0 aliphatic carbocycles. The number of sulfonamides is 1. The number of fused-ring (bicyclic) bond motifs is 3. The van der Waals surface area contributed by atoms with E-state index in [1.165, 1.54) is 4.31 Å². The van der Waals surface area contributed by atoms with Gasteiger partial charge in [0.05, 0.1) is 23.5 Å². The first kappa shape index (κ1) is 16.5. The Kier molecular flexibility index (Phi) is 3.82. The molecule has 8 nitrogen and oxygen atoms in total. The Labute approximate surface area is 145 Å². The van der Waals surface area contributed by atoms with Crippen LogP contribution in [0, 0.1) is 0 Å². The maximum absolute atomic E-state index is 12.2. The first-order chi connectivity index (χ1) is 11.9. The minimum Gasteiger partial charge on any atom is -0.385 e. The number of aromatic amines is 1. The summed E-state index contributed by atoms with van der Waals surface area (Å²) in [5.74, 6) is 0.644. The number of aliphatic hydroxyl groups is 1. The fourth-order valence-electron chi connectivity index (χ4n) is 3.63. The summed E-state index contributed by atoms with van der Waals surface area (Å²) in [5, 5.41) is 11.1. The largest absolute Gasteiger partial charge is 0.385 e. The second kappa shape index (κ2) is 5.79. The Hall–Kier alpha value is -1.97. The molecular formula is C16H21N5O3S. The zero-order valence-electron chi connectivity index (χ0n) is 14.2. The number of H-pyrrole nitrogens is 1. The van der Waals surface area contributed by atoms with E-state index in [9.17, 15) is 13.5 Å². The van der Waals surface area contributed by atoms with Gasteiger partial charge in [0, 0.05) is 24.7 Å². The molecule has 0 radical (unpaired) electrons. The summed E-state index contributed by atoms with van der Waals surface area (Å²) in [6.07, 6.45) is 3.45. The third-order valence-electron chi connectivity index (χ3n) is 4.88. The minimum atomic E-state index is -3.22. The average Bonchev–Trinajstić information content (AvgIpc) is 3.30. The van der Waals surface area contributed by atoms with E-state index in [0.717, 1.165) is 16.6 Å². The second-order valence-electron chi connectivity index (χ2n) is 6.45. The van der Waals surface area contributed by atoms with E-state index in [-0.39, 0.29) is 11.8 Å². The number of aromatic nitrogens is 4. The number of aliphatic hydroxyl groups excluding tert-OH is 1. The molecule has 2 unspecified atom stereocenters. The maximum Gasteiger partial charge on any atom is 0.213 e. The van der Waals surface area contributed by atoms with Crippen LogP contribution < -0.4 is 0 Å². The minimum absolute atomic E-state index is 0.0589. The molecule has 1 aliphatic rings. The number of hydrogen-bond acceptors (Lipinski definition) is 5. The van der Waals surface area contributed by atoms with Crippen molar-refractivity contribution in [2.45, 2.75) is 32.4 Å². The summed E-state index contributed by atoms with van der Waals surface area (Å²) in [6.45, 7) is 4.22. The highest BCUT2D eigenvalue weighted by Crippen LogP contribution is 2.34. The highest BCUT2D eigenvalue weighted by Gasteiger charge is 2.34. The summed E-state index contributed by atoms with van der Waals surface area (Å²) in [4.78, 5) is 12.0. The van der Waals surface area contributed by atoms with E-state index in [0.29, 0.717) is 30.9 Å². The van der Waals surface area contributed by atoms with Crippen LogP contribution in [0.15, 0.2) is 18.5 Å². The molecule has 1 fully saturated rings. The van der Waals surface area contributed by atoms with Gasteiger partial charge >= 0.3 is 0 Å². The first-order valence-corrected chi connectivity index (χ1v) is 10.0. The van der Waals surface area contributed by atoms with Crippen molar-refractivity contribution in [1.29, 1.82) is 0 Å². The van der Waals surface area contributed by atoms with Crippen molar-refractivity contribution in [3.8, 4) is 0 Å². The van der Waals surface area contributed by atoms with Crippen molar-refractivity contribution in [2.75, 3.05) is 18.8 Å². The fourth-order valence-corrected chi connectivity index (χ4v) is 4.78. The SMILES string of the molecule is CCS(=O)(=O)N1CCC(n2c(C(C)O)nc3cnc4[nH]ccc4c32)C1. The van der Waals surface area contributed by atoms with Gasteiger partial charge in [-0.3, -0.25) is 0 Å². The molecule has 0 bridgehead atoms. The van der Waals surface area contributed by atoms with Crippen LogP contribution >= 0.6 is 0 Å². The lowest BCUT2D eigenvalue weighted by molar-refractivity contribution is 0.182. The third-order valence-corrected chi connectivity index (χ3v) is 6.73. The molecule has 0 amide bonds. The molecule has 0 aromatic carbocycles. The Bertz CT molecular complexity index is 1040. The van der Waals surface area contributed by atoms with Crippen molar-refractivity contribution in [2.24, 2.45) is 0 Å². The summed E-state index contributed by atoms with van der Waals surface area (Å²) in [5.41, 5.74) is 2.35. The fraction of sp³-hybridized carbons (Fsp3) is 0.500. The topological polar surface area (TPSA) is 104 Å². The van der Waals surface area contributed by atoms with Gasteiger partial charge in [0.2, 0.25) is 10.0 Å². The van der Waals surface area contributed by atoms with E-state index < -0.39 is 16.1 Å². The predicted octanol–water partition coefficient (Wildman–Crippen LogP) is 1.56. The smallest absolute Gasteiger partial charge is 0.213 e. The molecule has 25 heavy (non-hydrogen) atoms. The molecule has 3 aromatic rings.